The van der Waals surface area contributed by atoms with Crippen LogP contribution in [0.5, 0.6) is 5.88 Å². The van der Waals surface area contributed by atoms with Gasteiger partial charge in [0, 0.05) is 37.4 Å². The Morgan fingerprint density at radius 1 is 1.30 bits per heavy atom. The minimum Gasteiger partial charge on any atom is -0.481 e. The number of aromatic nitrogens is 1. The van der Waals surface area contributed by atoms with Gasteiger partial charge in [0.05, 0.1) is 12.7 Å². The largest absolute Gasteiger partial charge is 0.481 e. The predicted octanol–water partition coefficient (Wildman–Crippen LogP) is 1.94. The van der Waals surface area contributed by atoms with Crippen molar-refractivity contribution in [3.05, 3.63) is 23.9 Å². The fourth-order valence-corrected chi connectivity index (χ4v) is 2.15. The van der Waals surface area contributed by atoms with Crippen LogP contribution >= 0.6 is 0 Å². The molecule has 0 bridgehead atoms. The Bertz CT molecular complexity index is 408. The maximum atomic E-state index is 12.0. The number of carbonyl (C=O) groups is 1. The van der Waals surface area contributed by atoms with Crippen LogP contribution in [0.25, 0.3) is 0 Å². The molecule has 5 nitrogen and oxygen atoms in total. The van der Waals surface area contributed by atoms with Gasteiger partial charge >= 0.3 is 0 Å². The lowest BCUT2D eigenvalue weighted by molar-refractivity contribution is 0.0939. The van der Waals surface area contributed by atoms with E-state index in [0.29, 0.717) is 30.1 Å². The number of pyridine rings is 1. The Morgan fingerprint density at radius 2 is 1.95 bits per heavy atom. The number of hydrogen-bond acceptors (Lipinski definition) is 4. The second-order valence-electron chi connectivity index (χ2n) is 5.27. The molecule has 20 heavy (non-hydrogen) atoms. The van der Waals surface area contributed by atoms with Gasteiger partial charge in [-0.15, -0.1) is 0 Å². The summed E-state index contributed by atoms with van der Waals surface area (Å²) in [5.74, 6) is 0.403. The summed E-state index contributed by atoms with van der Waals surface area (Å²) in [5.41, 5.74) is 0.548. The summed E-state index contributed by atoms with van der Waals surface area (Å²) < 4.78 is 4.96. The highest BCUT2D eigenvalue weighted by molar-refractivity contribution is 5.93. The second kappa shape index (κ2) is 7.85. The van der Waals surface area contributed by atoms with E-state index < -0.39 is 0 Å². The first-order valence-corrected chi connectivity index (χ1v) is 6.99. The molecule has 0 fully saturated rings. The minimum atomic E-state index is -0.104. The van der Waals surface area contributed by atoms with Gasteiger partial charge in [-0.1, -0.05) is 0 Å². The summed E-state index contributed by atoms with van der Waals surface area (Å²) in [6, 6.07) is 4.33. The van der Waals surface area contributed by atoms with Crippen molar-refractivity contribution in [2.45, 2.75) is 39.8 Å². The Kier molecular flexibility index (Phi) is 6.45. The maximum absolute atomic E-state index is 12.0. The summed E-state index contributed by atoms with van der Waals surface area (Å²) >= 11 is 0. The van der Waals surface area contributed by atoms with Gasteiger partial charge in [0.25, 0.3) is 5.91 Å². The van der Waals surface area contributed by atoms with Crippen molar-refractivity contribution >= 4 is 5.91 Å². The van der Waals surface area contributed by atoms with Gasteiger partial charge in [-0.3, -0.25) is 9.69 Å². The molecule has 0 unspecified atom stereocenters. The van der Waals surface area contributed by atoms with Crippen LogP contribution in [0.15, 0.2) is 18.3 Å². The SMILES string of the molecule is COc1ccc(C(=O)NCCN(C(C)C)C(C)C)cn1. The van der Waals surface area contributed by atoms with Crippen LogP contribution in [-0.4, -0.2) is 48.1 Å². The van der Waals surface area contributed by atoms with Crippen molar-refractivity contribution in [1.29, 1.82) is 0 Å². The lowest BCUT2D eigenvalue weighted by atomic mass is 10.2. The van der Waals surface area contributed by atoms with E-state index in [0.717, 1.165) is 6.54 Å². The van der Waals surface area contributed by atoms with E-state index in [2.05, 4.69) is 42.9 Å². The number of methoxy groups -OCH3 is 1. The van der Waals surface area contributed by atoms with E-state index in [1.54, 1.807) is 19.2 Å². The molecule has 0 aliphatic carbocycles. The van der Waals surface area contributed by atoms with E-state index in [-0.39, 0.29) is 5.91 Å². The number of nitrogens with one attached hydrogen (secondary N) is 1. The summed E-state index contributed by atoms with van der Waals surface area (Å²) in [6.45, 7) is 10.1. The van der Waals surface area contributed by atoms with Gasteiger partial charge in [-0.05, 0) is 33.8 Å². The smallest absolute Gasteiger partial charge is 0.252 e. The third-order valence-electron chi connectivity index (χ3n) is 3.19. The monoisotopic (exact) mass is 279 g/mol. The second-order valence-corrected chi connectivity index (χ2v) is 5.27. The molecule has 0 aliphatic heterocycles. The molecule has 0 saturated carbocycles. The first kappa shape index (κ1) is 16.4. The van der Waals surface area contributed by atoms with Gasteiger partial charge in [-0.25, -0.2) is 4.98 Å². The van der Waals surface area contributed by atoms with E-state index in [9.17, 15) is 4.79 Å². The van der Waals surface area contributed by atoms with Crippen LogP contribution in [0.2, 0.25) is 0 Å². The molecule has 0 atom stereocenters. The van der Waals surface area contributed by atoms with Crippen LogP contribution in [0, 0.1) is 0 Å². The fourth-order valence-electron chi connectivity index (χ4n) is 2.15. The number of rotatable bonds is 7. The van der Waals surface area contributed by atoms with Crippen molar-refractivity contribution in [2.75, 3.05) is 20.2 Å². The maximum Gasteiger partial charge on any atom is 0.252 e. The van der Waals surface area contributed by atoms with Crippen LogP contribution in [0.4, 0.5) is 0 Å². The third-order valence-corrected chi connectivity index (χ3v) is 3.19. The van der Waals surface area contributed by atoms with Gasteiger partial charge in [0.1, 0.15) is 0 Å². The third kappa shape index (κ3) is 4.81. The minimum absolute atomic E-state index is 0.104. The van der Waals surface area contributed by atoms with E-state index >= 15 is 0 Å². The summed E-state index contributed by atoms with van der Waals surface area (Å²) in [4.78, 5) is 18.3. The first-order valence-electron chi connectivity index (χ1n) is 6.99. The molecular formula is C15H25N3O2. The number of hydrogen-bond donors (Lipinski definition) is 1. The zero-order chi connectivity index (χ0) is 15.1. The molecule has 1 aromatic heterocycles. The molecule has 0 spiro atoms. The van der Waals surface area contributed by atoms with Crippen LogP contribution in [0.3, 0.4) is 0 Å². The lowest BCUT2D eigenvalue weighted by Gasteiger charge is -2.30. The quantitative estimate of drug-likeness (QED) is 0.828. The van der Waals surface area contributed by atoms with Gasteiger partial charge in [0.2, 0.25) is 5.88 Å². The predicted molar refractivity (Wildman–Crippen MR) is 80.1 cm³/mol. The van der Waals surface area contributed by atoms with Crippen molar-refractivity contribution in [1.82, 2.24) is 15.2 Å². The summed E-state index contributed by atoms with van der Waals surface area (Å²) in [7, 11) is 1.55. The summed E-state index contributed by atoms with van der Waals surface area (Å²) in [5, 5.41) is 2.92. The highest BCUT2D eigenvalue weighted by Gasteiger charge is 2.13. The van der Waals surface area contributed by atoms with Crippen molar-refractivity contribution in [2.24, 2.45) is 0 Å². The number of ether oxygens (including phenoxy) is 1. The molecule has 112 valence electrons. The molecule has 0 saturated heterocycles. The fraction of sp³-hybridized carbons (Fsp3) is 0.600. The molecule has 1 aromatic rings. The van der Waals surface area contributed by atoms with E-state index in [1.807, 2.05) is 0 Å². The molecule has 5 heteroatoms. The van der Waals surface area contributed by atoms with Crippen molar-refractivity contribution < 1.29 is 9.53 Å². The van der Waals surface area contributed by atoms with E-state index in [4.69, 9.17) is 4.74 Å². The normalized spacial score (nSPS) is 11.2. The Hall–Kier alpha value is -1.62. The Morgan fingerprint density at radius 3 is 2.40 bits per heavy atom. The van der Waals surface area contributed by atoms with Crippen LogP contribution in [-0.2, 0) is 0 Å². The Balaban J connectivity index is 2.46. The Labute approximate surface area is 121 Å². The number of amides is 1. The van der Waals surface area contributed by atoms with E-state index in [1.165, 1.54) is 6.20 Å². The standard InChI is InChI=1S/C15H25N3O2/c1-11(2)18(12(3)4)9-8-16-15(19)13-6-7-14(20-5)17-10-13/h6-7,10-12H,8-9H2,1-5H3,(H,16,19). The van der Waals surface area contributed by atoms with Gasteiger partial charge < -0.3 is 10.1 Å². The van der Waals surface area contributed by atoms with Crippen molar-refractivity contribution in [3.8, 4) is 5.88 Å². The first-order chi connectivity index (χ1) is 9.45. The van der Waals surface area contributed by atoms with Gasteiger partial charge in [-0.2, -0.15) is 0 Å². The highest BCUT2D eigenvalue weighted by atomic mass is 16.5. The average Bonchev–Trinajstić information content (AvgIpc) is 2.42. The molecular weight excluding hydrogens is 254 g/mol. The highest BCUT2D eigenvalue weighted by Crippen LogP contribution is 2.07. The number of nitrogens with zero attached hydrogens (tertiary/aromatic N) is 2. The van der Waals surface area contributed by atoms with Gasteiger partial charge in [0.15, 0.2) is 0 Å². The van der Waals surface area contributed by atoms with Crippen LogP contribution in [0.1, 0.15) is 38.1 Å². The number of carbonyl (C=O) groups excluding carboxylic acids is 1. The lowest BCUT2D eigenvalue weighted by Crippen LogP contribution is -2.42. The molecule has 1 amide bonds. The summed E-state index contributed by atoms with van der Waals surface area (Å²) in [6.07, 6.45) is 1.52. The molecule has 1 rings (SSSR count). The van der Waals surface area contributed by atoms with Crippen LogP contribution < -0.4 is 10.1 Å². The average molecular weight is 279 g/mol. The topological polar surface area (TPSA) is 54.5 Å². The molecule has 0 aromatic carbocycles. The van der Waals surface area contributed by atoms with Crippen molar-refractivity contribution in [3.63, 3.8) is 0 Å². The molecule has 0 radical (unpaired) electrons. The molecule has 0 aliphatic rings. The zero-order valence-corrected chi connectivity index (χ0v) is 13.0. The zero-order valence-electron chi connectivity index (χ0n) is 13.0. The molecule has 1 heterocycles. The molecule has 1 N–H and O–H groups in total.